The van der Waals surface area contributed by atoms with Crippen LogP contribution in [-0.4, -0.2) is 31.6 Å². The minimum atomic E-state index is -0.598. The summed E-state index contributed by atoms with van der Waals surface area (Å²) in [6, 6.07) is 12.4. The van der Waals surface area contributed by atoms with Crippen LogP contribution in [0.5, 0.6) is 5.75 Å². The topological polar surface area (TPSA) is 64.6 Å². The smallest absolute Gasteiger partial charge is 0.325 e. The van der Waals surface area contributed by atoms with E-state index in [-0.39, 0.29) is 25.3 Å². The van der Waals surface area contributed by atoms with Gasteiger partial charge in [0, 0.05) is 10.0 Å². The van der Waals surface area contributed by atoms with Crippen LogP contribution in [0.25, 0.3) is 0 Å². The first-order chi connectivity index (χ1) is 11.5. The first-order valence-corrected chi connectivity index (χ1v) is 7.91. The highest BCUT2D eigenvalue weighted by molar-refractivity contribution is 9.10. The molecule has 0 heterocycles. The molecule has 126 valence electrons. The highest BCUT2D eigenvalue weighted by Gasteiger charge is 2.09. The minimum absolute atomic E-state index is 0.0603. The van der Waals surface area contributed by atoms with E-state index in [4.69, 9.17) is 9.47 Å². The molecule has 5 nitrogen and oxygen atoms in total. The number of amides is 1. The second kappa shape index (κ2) is 9.02. The molecule has 0 fully saturated rings. The van der Waals surface area contributed by atoms with Crippen molar-refractivity contribution >= 4 is 27.8 Å². The van der Waals surface area contributed by atoms with Crippen molar-refractivity contribution in [2.45, 2.75) is 0 Å². The number of benzene rings is 2. The average Bonchev–Trinajstić information content (AvgIpc) is 2.58. The summed E-state index contributed by atoms with van der Waals surface area (Å²) in [6.45, 7) is -0.0381. The van der Waals surface area contributed by atoms with Crippen molar-refractivity contribution < 1.29 is 23.5 Å². The quantitative estimate of drug-likeness (QED) is 0.578. The molecule has 2 aromatic rings. The van der Waals surface area contributed by atoms with Gasteiger partial charge in [-0.2, -0.15) is 0 Å². The van der Waals surface area contributed by atoms with E-state index in [9.17, 15) is 14.0 Å². The Hall–Kier alpha value is -2.41. The summed E-state index contributed by atoms with van der Waals surface area (Å²) >= 11 is 3.32. The Kier molecular flexibility index (Phi) is 6.74. The Morgan fingerprint density at radius 1 is 1.08 bits per heavy atom. The standard InChI is InChI=1S/C17H15BrFNO4/c18-13-4-6-15(7-5-13)23-8-9-24-16(21)11-20-17(22)12-2-1-3-14(19)10-12/h1-7,10H,8-9,11H2,(H,20,22). The SMILES string of the molecule is O=C(CNC(=O)c1cccc(F)c1)OCCOc1ccc(Br)cc1. The molecule has 2 rings (SSSR count). The van der Waals surface area contributed by atoms with Crippen LogP contribution in [0.1, 0.15) is 10.4 Å². The zero-order valence-electron chi connectivity index (χ0n) is 12.6. The largest absolute Gasteiger partial charge is 0.490 e. The molecule has 1 N–H and O–H groups in total. The highest BCUT2D eigenvalue weighted by Crippen LogP contribution is 2.15. The lowest BCUT2D eigenvalue weighted by molar-refractivity contribution is -0.143. The van der Waals surface area contributed by atoms with Crippen LogP contribution >= 0.6 is 15.9 Å². The lowest BCUT2D eigenvalue weighted by Gasteiger charge is -2.08. The number of esters is 1. The number of carbonyl (C=O) groups excluding carboxylic acids is 2. The van der Waals surface area contributed by atoms with Crippen molar-refractivity contribution in [2.75, 3.05) is 19.8 Å². The van der Waals surface area contributed by atoms with Crippen molar-refractivity contribution in [3.63, 3.8) is 0 Å². The van der Waals surface area contributed by atoms with Gasteiger partial charge in [0.1, 0.15) is 31.3 Å². The average molecular weight is 396 g/mol. The van der Waals surface area contributed by atoms with Gasteiger partial charge in [0.05, 0.1) is 0 Å². The van der Waals surface area contributed by atoms with E-state index < -0.39 is 17.7 Å². The molecule has 0 bridgehead atoms. The summed E-state index contributed by atoms with van der Waals surface area (Å²) in [5.41, 5.74) is 0.140. The molecule has 0 saturated heterocycles. The normalized spacial score (nSPS) is 10.1. The Morgan fingerprint density at radius 2 is 1.83 bits per heavy atom. The molecule has 2 aromatic carbocycles. The first-order valence-electron chi connectivity index (χ1n) is 7.12. The molecule has 0 spiro atoms. The summed E-state index contributed by atoms with van der Waals surface area (Å²) in [4.78, 5) is 23.3. The van der Waals surface area contributed by atoms with Crippen LogP contribution in [0.4, 0.5) is 4.39 Å². The fourth-order valence-electron chi connectivity index (χ4n) is 1.78. The van der Waals surface area contributed by atoms with Crippen LogP contribution in [0.15, 0.2) is 53.0 Å². The van der Waals surface area contributed by atoms with Gasteiger partial charge in [-0.25, -0.2) is 4.39 Å². The number of carbonyl (C=O) groups is 2. The molecule has 0 atom stereocenters. The van der Waals surface area contributed by atoms with E-state index >= 15 is 0 Å². The molecule has 0 aliphatic rings. The number of halogens is 2. The molecule has 0 aliphatic heterocycles. The Labute approximate surface area is 146 Å². The van der Waals surface area contributed by atoms with Gasteiger partial charge >= 0.3 is 5.97 Å². The van der Waals surface area contributed by atoms with Crippen LogP contribution in [-0.2, 0) is 9.53 Å². The van der Waals surface area contributed by atoms with Gasteiger partial charge in [0.25, 0.3) is 5.91 Å². The lowest BCUT2D eigenvalue weighted by Crippen LogP contribution is -2.31. The molecule has 0 aromatic heterocycles. The minimum Gasteiger partial charge on any atom is -0.490 e. The van der Waals surface area contributed by atoms with Crippen LogP contribution in [0, 0.1) is 5.82 Å². The number of hydrogen-bond acceptors (Lipinski definition) is 4. The molecule has 7 heteroatoms. The maximum atomic E-state index is 13.0. The van der Waals surface area contributed by atoms with Crippen LogP contribution in [0.2, 0.25) is 0 Å². The zero-order valence-corrected chi connectivity index (χ0v) is 14.2. The van der Waals surface area contributed by atoms with Gasteiger partial charge < -0.3 is 14.8 Å². The summed E-state index contributed by atoms with van der Waals surface area (Å²) < 4.78 is 24.3. The third kappa shape index (κ3) is 6.00. The summed E-state index contributed by atoms with van der Waals surface area (Å²) in [5.74, 6) is -0.999. The predicted molar refractivity (Wildman–Crippen MR) is 89.3 cm³/mol. The molecular formula is C17H15BrFNO4. The zero-order chi connectivity index (χ0) is 17.4. The summed E-state index contributed by atoms with van der Waals surface area (Å²) in [7, 11) is 0. The highest BCUT2D eigenvalue weighted by atomic mass is 79.9. The summed E-state index contributed by atoms with van der Waals surface area (Å²) in [6.07, 6.45) is 0. The van der Waals surface area contributed by atoms with Crippen molar-refractivity contribution in [3.05, 3.63) is 64.4 Å². The van der Waals surface area contributed by atoms with Gasteiger partial charge in [-0.05, 0) is 42.5 Å². The van der Waals surface area contributed by atoms with Crippen LogP contribution < -0.4 is 10.1 Å². The molecule has 0 radical (unpaired) electrons. The summed E-state index contributed by atoms with van der Waals surface area (Å²) in [5, 5.41) is 2.36. The van der Waals surface area contributed by atoms with Gasteiger partial charge in [0.15, 0.2) is 0 Å². The first kappa shape index (κ1) is 17.9. The van der Waals surface area contributed by atoms with Gasteiger partial charge in [-0.3, -0.25) is 9.59 Å². The van der Waals surface area contributed by atoms with E-state index in [1.807, 2.05) is 12.1 Å². The van der Waals surface area contributed by atoms with Crippen molar-refractivity contribution in [2.24, 2.45) is 0 Å². The number of ether oxygens (including phenoxy) is 2. The van der Waals surface area contributed by atoms with Crippen LogP contribution in [0.3, 0.4) is 0 Å². The van der Waals surface area contributed by atoms with Crippen molar-refractivity contribution in [1.29, 1.82) is 0 Å². The molecule has 1 amide bonds. The molecular weight excluding hydrogens is 381 g/mol. The number of rotatable bonds is 7. The fraction of sp³-hybridized carbons (Fsp3) is 0.176. The predicted octanol–water partition coefficient (Wildman–Crippen LogP) is 2.94. The maximum absolute atomic E-state index is 13.0. The van der Waals surface area contributed by atoms with Gasteiger partial charge in [-0.15, -0.1) is 0 Å². The van der Waals surface area contributed by atoms with Gasteiger partial charge in [0.2, 0.25) is 0 Å². The third-order valence-corrected chi connectivity index (χ3v) is 3.44. The number of hydrogen-bond donors (Lipinski definition) is 1. The second-order valence-electron chi connectivity index (χ2n) is 4.72. The Morgan fingerprint density at radius 3 is 2.54 bits per heavy atom. The lowest BCUT2D eigenvalue weighted by atomic mass is 10.2. The second-order valence-corrected chi connectivity index (χ2v) is 5.63. The van der Waals surface area contributed by atoms with Gasteiger partial charge in [-0.1, -0.05) is 22.0 Å². The van der Waals surface area contributed by atoms with E-state index in [0.29, 0.717) is 5.75 Å². The molecule has 24 heavy (non-hydrogen) atoms. The third-order valence-electron chi connectivity index (χ3n) is 2.91. The molecule has 0 aliphatic carbocycles. The van der Waals surface area contributed by atoms with Crippen molar-refractivity contribution in [1.82, 2.24) is 5.32 Å². The van der Waals surface area contributed by atoms with Crippen molar-refractivity contribution in [3.8, 4) is 5.75 Å². The fourth-order valence-corrected chi connectivity index (χ4v) is 2.05. The molecule has 0 saturated carbocycles. The maximum Gasteiger partial charge on any atom is 0.325 e. The Balaban J connectivity index is 1.64. The Bertz CT molecular complexity index is 706. The van der Waals surface area contributed by atoms with E-state index in [1.54, 1.807) is 12.1 Å². The monoisotopic (exact) mass is 395 g/mol. The van der Waals surface area contributed by atoms with E-state index in [0.717, 1.165) is 10.5 Å². The van der Waals surface area contributed by atoms with E-state index in [2.05, 4.69) is 21.2 Å². The molecule has 0 unspecified atom stereocenters. The number of nitrogens with one attached hydrogen (secondary N) is 1. The van der Waals surface area contributed by atoms with E-state index in [1.165, 1.54) is 18.2 Å².